The number of carbonyl (C=O) groups is 1. The average Bonchev–Trinajstić information content (AvgIpc) is 2.97. The molecular weight excluding hydrogens is 304 g/mol. The van der Waals surface area contributed by atoms with Gasteiger partial charge in [-0.05, 0) is 32.8 Å². The number of pyridine rings is 1. The smallest absolute Gasteiger partial charge is 0.254 e. The third-order valence-electron chi connectivity index (χ3n) is 4.43. The topological polar surface area (TPSA) is 60.3 Å². The van der Waals surface area contributed by atoms with E-state index in [1.807, 2.05) is 22.6 Å². The van der Waals surface area contributed by atoms with Crippen molar-refractivity contribution in [3.8, 4) is 0 Å². The van der Waals surface area contributed by atoms with Gasteiger partial charge in [0.1, 0.15) is 0 Å². The van der Waals surface area contributed by atoms with Crippen molar-refractivity contribution in [1.82, 2.24) is 19.7 Å². The third kappa shape index (κ3) is 3.02. The van der Waals surface area contributed by atoms with E-state index in [1.54, 1.807) is 6.20 Å². The summed E-state index contributed by atoms with van der Waals surface area (Å²) in [5.74, 6) is 0.294. The predicted octanol–water partition coefficient (Wildman–Crippen LogP) is 3.00. The van der Waals surface area contributed by atoms with E-state index in [0.29, 0.717) is 25.3 Å². The second kappa shape index (κ2) is 6.51. The molecule has 0 saturated carbocycles. The number of aromatic nitrogens is 3. The molecule has 0 unspecified atom stereocenters. The lowest BCUT2D eigenvalue weighted by molar-refractivity contribution is -0.0123. The molecule has 6 heteroatoms. The zero-order valence-electron chi connectivity index (χ0n) is 15.1. The van der Waals surface area contributed by atoms with Crippen LogP contribution in [-0.4, -0.2) is 51.4 Å². The fraction of sp³-hybridized carbons (Fsp3) is 0.611. The van der Waals surface area contributed by atoms with Gasteiger partial charge >= 0.3 is 0 Å². The van der Waals surface area contributed by atoms with Crippen molar-refractivity contribution >= 4 is 16.9 Å². The number of ether oxygens (including phenoxy) is 1. The predicted molar refractivity (Wildman–Crippen MR) is 93.3 cm³/mol. The summed E-state index contributed by atoms with van der Waals surface area (Å²) in [5.41, 5.74) is 2.42. The molecule has 1 amide bonds. The van der Waals surface area contributed by atoms with Gasteiger partial charge in [0.15, 0.2) is 5.65 Å². The summed E-state index contributed by atoms with van der Waals surface area (Å²) >= 11 is 0. The van der Waals surface area contributed by atoms with Gasteiger partial charge in [-0.3, -0.25) is 4.79 Å². The summed E-state index contributed by atoms with van der Waals surface area (Å²) in [4.78, 5) is 19.8. The van der Waals surface area contributed by atoms with Gasteiger partial charge in [-0.15, -0.1) is 0 Å². The lowest BCUT2D eigenvalue weighted by Gasteiger charge is -2.31. The Balaban J connectivity index is 2.10. The van der Waals surface area contributed by atoms with Gasteiger partial charge in [0.05, 0.1) is 29.9 Å². The van der Waals surface area contributed by atoms with Crippen molar-refractivity contribution in [3.63, 3.8) is 0 Å². The third-order valence-corrected chi connectivity index (χ3v) is 4.43. The molecule has 0 N–H and O–H groups in total. The Morgan fingerprint density at radius 1 is 1.33 bits per heavy atom. The molecule has 1 aliphatic heterocycles. The number of rotatable bonds is 3. The van der Waals surface area contributed by atoms with Crippen LogP contribution in [0.1, 0.15) is 62.6 Å². The highest BCUT2D eigenvalue weighted by atomic mass is 16.5. The van der Waals surface area contributed by atoms with Crippen LogP contribution in [0.5, 0.6) is 0 Å². The van der Waals surface area contributed by atoms with Crippen molar-refractivity contribution in [3.05, 3.63) is 23.5 Å². The van der Waals surface area contributed by atoms with Crippen molar-refractivity contribution in [1.29, 1.82) is 0 Å². The van der Waals surface area contributed by atoms with Gasteiger partial charge in [0.2, 0.25) is 0 Å². The molecule has 0 bridgehead atoms. The molecule has 130 valence electrons. The van der Waals surface area contributed by atoms with E-state index in [2.05, 4.69) is 32.8 Å². The minimum absolute atomic E-state index is 0.0442. The Kier molecular flexibility index (Phi) is 4.58. The second-order valence-corrected chi connectivity index (χ2v) is 7.10. The number of carbonyl (C=O) groups excluding carboxylic acids is 1. The minimum atomic E-state index is 0.0442. The molecule has 0 radical (unpaired) electrons. The maximum atomic E-state index is 13.1. The Morgan fingerprint density at radius 2 is 2.08 bits per heavy atom. The van der Waals surface area contributed by atoms with E-state index in [0.717, 1.165) is 16.7 Å². The molecule has 1 fully saturated rings. The van der Waals surface area contributed by atoms with Crippen molar-refractivity contribution in [2.24, 2.45) is 0 Å². The first-order valence-electron chi connectivity index (χ1n) is 8.67. The summed E-state index contributed by atoms with van der Waals surface area (Å²) < 4.78 is 7.45. The highest BCUT2D eigenvalue weighted by molar-refractivity contribution is 6.05. The van der Waals surface area contributed by atoms with Gasteiger partial charge in [0.25, 0.3) is 5.91 Å². The standard InChI is InChI=1S/C18H26N4O2/c1-11(2)16-8-14(18(23)21-6-7-24-13(5)10-21)15-9-19-22(12(3)4)17(15)20-16/h8-9,11-13H,6-7,10H2,1-5H3/t13-/m1/s1. The number of hydrogen-bond donors (Lipinski definition) is 0. The molecule has 1 atom stereocenters. The highest BCUT2D eigenvalue weighted by Crippen LogP contribution is 2.25. The van der Waals surface area contributed by atoms with Crippen LogP contribution in [0, 0.1) is 0 Å². The zero-order chi connectivity index (χ0) is 17.4. The number of amides is 1. The molecule has 1 saturated heterocycles. The van der Waals surface area contributed by atoms with E-state index in [-0.39, 0.29) is 24.0 Å². The van der Waals surface area contributed by atoms with E-state index in [9.17, 15) is 4.79 Å². The Bertz CT molecular complexity index is 751. The highest BCUT2D eigenvalue weighted by Gasteiger charge is 2.26. The minimum Gasteiger partial charge on any atom is -0.375 e. The van der Waals surface area contributed by atoms with E-state index >= 15 is 0 Å². The second-order valence-electron chi connectivity index (χ2n) is 7.10. The number of hydrogen-bond acceptors (Lipinski definition) is 4. The summed E-state index contributed by atoms with van der Waals surface area (Å²) in [7, 11) is 0. The lowest BCUT2D eigenvalue weighted by atomic mass is 10.0. The molecule has 2 aromatic rings. The summed E-state index contributed by atoms with van der Waals surface area (Å²) in [5, 5.41) is 5.29. The van der Waals surface area contributed by atoms with Gasteiger partial charge in [0, 0.05) is 24.8 Å². The van der Waals surface area contributed by atoms with Crippen molar-refractivity contribution in [2.45, 2.75) is 52.7 Å². The van der Waals surface area contributed by atoms with Crippen LogP contribution < -0.4 is 0 Å². The van der Waals surface area contributed by atoms with E-state index < -0.39 is 0 Å². The molecule has 0 aromatic carbocycles. The average molecular weight is 330 g/mol. The molecule has 2 aromatic heterocycles. The van der Waals surface area contributed by atoms with Crippen LogP contribution >= 0.6 is 0 Å². The summed E-state index contributed by atoms with van der Waals surface area (Å²) in [6.45, 7) is 12.2. The number of nitrogens with zero attached hydrogens (tertiary/aromatic N) is 4. The molecular formula is C18H26N4O2. The normalized spacial score (nSPS) is 18.8. The van der Waals surface area contributed by atoms with Crippen LogP contribution in [0.25, 0.3) is 11.0 Å². The van der Waals surface area contributed by atoms with Gasteiger partial charge in [-0.2, -0.15) is 5.10 Å². The SMILES string of the molecule is CC(C)c1cc(C(=O)N2CCO[C@H](C)C2)c2cnn(C(C)C)c2n1. The van der Waals surface area contributed by atoms with Crippen LogP contribution in [0.3, 0.4) is 0 Å². The largest absolute Gasteiger partial charge is 0.375 e. The Hall–Kier alpha value is -1.95. The zero-order valence-corrected chi connectivity index (χ0v) is 15.1. The fourth-order valence-electron chi connectivity index (χ4n) is 3.06. The first kappa shape index (κ1) is 16.9. The van der Waals surface area contributed by atoms with Crippen LogP contribution in [0.4, 0.5) is 0 Å². The van der Waals surface area contributed by atoms with Crippen molar-refractivity contribution < 1.29 is 9.53 Å². The Morgan fingerprint density at radius 3 is 2.71 bits per heavy atom. The van der Waals surface area contributed by atoms with Crippen molar-refractivity contribution in [2.75, 3.05) is 19.7 Å². The number of morpholine rings is 1. The quantitative estimate of drug-likeness (QED) is 0.868. The molecule has 24 heavy (non-hydrogen) atoms. The molecule has 0 spiro atoms. The lowest BCUT2D eigenvalue weighted by Crippen LogP contribution is -2.44. The Labute approximate surface area is 142 Å². The van der Waals surface area contributed by atoms with E-state index in [1.165, 1.54) is 0 Å². The number of fused-ring (bicyclic) bond motifs is 1. The first-order valence-corrected chi connectivity index (χ1v) is 8.67. The molecule has 6 nitrogen and oxygen atoms in total. The van der Waals surface area contributed by atoms with Gasteiger partial charge in [-0.25, -0.2) is 9.67 Å². The summed E-state index contributed by atoms with van der Waals surface area (Å²) in [6.07, 6.45) is 1.84. The summed E-state index contributed by atoms with van der Waals surface area (Å²) in [6, 6.07) is 2.13. The fourth-order valence-corrected chi connectivity index (χ4v) is 3.06. The first-order chi connectivity index (χ1) is 11.4. The van der Waals surface area contributed by atoms with Crippen LogP contribution in [0.2, 0.25) is 0 Å². The van der Waals surface area contributed by atoms with Crippen LogP contribution in [0.15, 0.2) is 12.3 Å². The molecule has 1 aliphatic rings. The maximum Gasteiger partial charge on any atom is 0.254 e. The molecule has 3 rings (SSSR count). The van der Waals surface area contributed by atoms with E-state index in [4.69, 9.17) is 9.72 Å². The molecule has 0 aliphatic carbocycles. The monoisotopic (exact) mass is 330 g/mol. The van der Waals surface area contributed by atoms with Crippen LogP contribution in [-0.2, 0) is 4.74 Å². The molecule has 3 heterocycles. The van der Waals surface area contributed by atoms with Gasteiger partial charge < -0.3 is 9.64 Å². The van der Waals surface area contributed by atoms with Gasteiger partial charge in [-0.1, -0.05) is 13.8 Å². The maximum absolute atomic E-state index is 13.1.